The lowest BCUT2D eigenvalue weighted by molar-refractivity contribution is 0.112. The zero-order valence-electron chi connectivity index (χ0n) is 9.91. The van der Waals surface area contributed by atoms with Crippen molar-refractivity contribution in [3.05, 3.63) is 40.9 Å². The van der Waals surface area contributed by atoms with E-state index in [1.807, 2.05) is 0 Å². The maximum absolute atomic E-state index is 10.6. The van der Waals surface area contributed by atoms with Gasteiger partial charge in [-0.2, -0.15) is 0 Å². The second-order valence-corrected chi connectivity index (χ2v) is 4.26. The Labute approximate surface area is 114 Å². The molecule has 1 aromatic carbocycles. The van der Waals surface area contributed by atoms with Crippen LogP contribution in [0.4, 0.5) is 0 Å². The van der Waals surface area contributed by atoms with Crippen molar-refractivity contribution >= 4 is 17.9 Å². The number of ether oxygens (including phenoxy) is 1. The molecular formula is C13H12ClNO4. The first kappa shape index (κ1) is 13.3. The van der Waals surface area contributed by atoms with E-state index in [1.54, 1.807) is 12.1 Å². The van der Waals surface area contributed by atoms with E-state index in [0.717, 1.165) is 0 Å². The largest absolute Gasteiger partial charge is 0.494 e. The Balaban J connectivity index is 1.98. The van der Waals surface area contributed by atoms with E-state index >= 15 is 0 Å². The molecule has 19 heavy (non-hydrogen) atoms. The molecule has 0 spiro atoms. The van der Waals surface area contributed by atoms with Crippen molar-refractivity contribution in [3.63, 3.8) is 0 Å². The molecular weight excluding hydrogens is 270 g/mol. The maximum Gasteiger partial charge on any atom is 0.193 e. The third-order valence-electron chi connectivity index (χ3n) is 2.60. The topological polar surface area (TPSA) is 71.7 Å². The summed E-state index contributed by atoms with van der Waals surface area (Å²) < 4.78 is 6.73. The van der Waals surface area contributed by atoms with Crippen LogP contribution in [0.1, 0.15) is 10.4 Å². The number of aromatic nitrogens is 1. The van der Waals surface area contributed by atoms with Crippen LogP contribution in [0.5, 0.6) is 17.5 Å². The lowest BCUT2D eigenvalue weighted by atomic mass is 10.2. The molecule has 0 bridgehead atoms. The Hall–Kier alpha value is -2.14. The predicted molar refractivity (Wildman–Crippen MR) is 70.1 cm³/mol. The molecule has 1 heterocycles. The first-order chi connectivity index (χ1) is 9.11. The molecule has 0 amide bonds. The van der Waals surface area contributed by atoms with Gasteiger partial charge in [0, 0.05) is 17.7 Å². The normalized spacial score (nSPS) is 10.4. The van der Waals surface area contributed by atoms with Crippen LogP contribution in [0.2, 0.25) is 5.02 Å². The molecule has 0 aliphatic rings. The standard InChI is InChI=1S/C13H12ClNO4/c14-10-7-9(8-16)1-2-11(10)19-6-5-15-12(17)3-4-13(15)18/h1-4,7-8,17-18H,5-6H2. The fraction of sp³-hybridized carbons (Fsp3) is 0.154. The van der Waals surface area contributed by atoms with Crippen molar-refractivity contribution in [2.24, 2.45) is 0 Å². The highest BCUT2D eigenvalue weighted by molar-refractivity contribution is 6.32. The fourth-order valence-electron chi connectivity index (χ4n) is 1.63. The van der Waals surface area contributed by atoms with Crippen molar-refractivity contribution < 1.29 is 19.7 Å². The SMILES string of the molecule is O=Cc1ccc(OCCn2c(O)ccc2O)c(Cl)c1. The summed E-state index contributed by atoms with van der Waals surface area (Å²) in [6.45, 7) is 0.492. The van der Waals surface area contributed by atoms with E-state index in [-0.39, 0.29) is 24.9 Å². The number of hydrogen-bond acceptors (Lipinski definition) is 4. The van der Waals surface area contributed by atoms with Crippen LogP contribution in [0.25, 0.3) is 0 Å². The zero-order chi connectivity index (χ0) is 13.8. The third kappa shape index (κ3) is 3.00. The lowest BCUT2D eigenvalue weighted by Gasteiger charge is -2.10. The number of aldehydes is 1. The number of benzene rings is 1. The van der Waals surface area contributed by atoms with Gasteiger partial charge in [0.25, 0.3) is 0 Å². The van der Waals surface area contributed by atoms with Gasteiger partial charge in [-0.25, -0.2) is 0 Å². The van der Waals surface area contributed by atoms with Gasteiger partial charge in [0.15, 0.2) is 11.8 Å². The van der Waals surface area contributed by atoms with E-state index in [9.17, 15) is 15.0 Å². The van der Waals surface area contributed by atoms with Crippen molar-refractivity contribution in [1.29, 1.82) is 0 Å². The van der Waals surface area contributed by atoms with Crippen LogP contribution in [0.3, 0.4) is 0 Å². The van der Waals surface area contributed by atoms with Crippen molar-refractivity contribution in [2.75, 3.05) is 6.61 Å². The molecule has 0 aliphatic heterocycles. The minimum absolute atomic E-state index is 0.0384. The minimum Gasteiger partial charge on any atom is -0.494 e. The van der Waals surface area contributed by atoms with Gasteiger partial charge in [0.05, 0.1) is 11.6 Å². The highest BCUT2D eigenvalue weighted by atomic mass is 35.5. The summed E-state index contributed by atoms with van der Waals surface area (Å²) in [7, 11) is 0. The molecule has 0 atom stereocenters. The summed E-state index contributed by atoms with van der Waals surface area (Å²) >= 11 is 5.94. The zero-order valence-corrected chi connectivity index (χ0v) is 10.7. The Kier molecular flexibility index (Phi) is 3.97. The smallest absolute Gasteiger partial charge is 0.193 e. The number of nitrogens with zero attached hydrogens (tertiary/aromatic N) is 1. The molecule has 2 N–H and O–H groups in total. The Morgan fingerprint density at radius 1 is 1.21 bits per heavy atom. The molecule has 0 saturated heterocycles. The van der Waals surface area contributed by atoms with Gasteiger partial charge in [-0.05, 0) is 18.2 Å². The number of halogens is 1. The number of hydrogen-bond donors (Lipinski definition) is 2. The van der Waals surface area contributed by atoms with E-state index < -0.39 is 0 Å². The quantitative estimate of drug-likeness (QED) is 0.826. The van der Waals surface area contributed by atoms with E-state index in [2.05, 4.69) is 0 Å². The van der Waals surface area contributed by atoms with E-state index in [1.165, 1.54) is 22.8 Å². The van der Waals surface area contributed by atoms with Crippen LogP contribution in [-0.2, 0) is 6.54 Å². The van der Waals surface area contributed by atoms with Crippen LogP contribution < -0.4 is 4.74 Å². The summed E-state index contributed by atoms with van der Waals surface area (Å²) in [6, 6.07) is 7.48. The predicted octanol–water partition coefficient (Wildman–Crippen LogP) is 2.44. The Morgan fingerprint density at radius 3 is 2.47 bits per heavy atom. The Bertz CT molecular complexity index is 575. The maximum atomic E-state index is 10.6. The molecule has 0 aliphatic carbocycles. The first-order valence-corrected chi connectivity index (χ1v) is 5.94. The second-order valence-electron chi connectivity index (χ2n) is 3.86. The van der Waals surface area contributed by atoms with E-state index in [4.69, 9.17) is 16.3 Å². The highest BCUT2D eigenvalue weighted by Gasteiger charge is 2.07. The van der Waals surface area contributed by atoms with Crippen molar-refractivity contribution in [2.45, 2.75) is 6.54 Å². The van der Waals surface area contributed by atoms with Crippen LogP contribution in [-0.4, -0.2) is 27.7 Å². The minimum atomic E-state index is -0.0384. The molecule has 6 heteroatoms. The molecule has 2 rings (SSSR count). The number of aromatic hydroxyl groups is 2. The van der Waals surface area contributed by atoms with Gasteiger partial charge in [0.2, 0.25) is 0 Å². The van der Waals surface area contributed by atoms with Gasteiger partial charge in [0.1, 0.15) is 18.6 Å². The van der Waals surface area contributed by atoms with E-state index in [0.29, 0.717) is 22.6 Å². The summed E-state index contributed by atoms with van der Waals surface area (Å²) in [5.41, 5.74) is 0.470. The molecule has 0 fully saturated rings. The van der Waals surface area contributed by atoms with Crippen LogP contribution in [0.15, 0.2) is 30.3 Å². The number of carbonyl (C=O) groups excluding carboxylic acids is 1. The van der Waals surface area contributed by atoms with Crippen LogP contribution in [0, 0.1) is 0 Å². The number of rotatable bonds is 5. The fourth-order valence-corrected chi connectivity index (χ4v) is 1.87. The van der Waals surface area contributed by atoms with Crippen molar-refractivity contribution in [1.82, 2.24) is 4.57 Å². The first-order valence-electron chi connectivity index (χ1n) is 5.57. The van der Waals surface area contributed by atoms with Gasteiger partial charge in [-0.1, -0.05) is 11.6 Å². The highest BCUT2D eigenvalue weighted by Crippen LogP contribution is 2.25. The molecule has 2 aromatic rings. The van der Waals surface area contributed by atoms with Gasteiger partial charge >= 0.3 is 0 Å². The molecule has 1 aromatic heterocycles. The van der Waals surface area contributed by atoms with Gasteiger partial charge in [-0.15, -0.1) is 0 Å². The lowest BCUT2D eigenvalue weighted by Crippen LogP contribution is -2.07. The average molecular weight is 282 g/mol. The average Bonchev–Trinajstić information content (AvgIpc) is 2.72. The number of carbonyl (C=O) groups is 1. The summed E-state index contributed by atoms with van der Waals surface area (Å²) in [6.07, 6.45) is 0.700. The Morgan fingerprint density at radius 2 is 1.89 bits per heavy atom. The second kappa shape index (κ2) is 5.67. The van der Waals surface area contributed by atoms with Crippen molar-refractivity contribution in [3.8, 4) is 17.5 Å². The monoisotopic (exact) mass is 281 g/mol. The van der Waals surface area contributed by atoms with Gasteiger partial charge in [-0.3, -0.25) is 9.36 Å². The summed E-state index contributed by atoms with van der Waals surface area (Å²) in [4.78, 5) is 10.6. The third-order valence-corrected chi connectivity index (χ3v) is 2.89. The molecule has 0 radical (unpaired) electrons. The molecule has 100 valence electrons. The van der Waals surface area contributed by atoms with Crippen LogP contribution >= 0.6 is 11.6 Å². The summed E-state index contributed by atoms with van der Waals surface area (Å²) in [5, 5.41) is 19.2. The molecule has 5 nitrogen and oxygen atoms in total. The molecule has 0 unspecified atom stereocenters. The van der Waals surface area contributed by atoms with Gasteiger partial charge < -0.3 is 14.9 Å². The molecule has 0 saturated carbocycles. The summed E-state index contributed by atoms with van der Waals surface area (Å²) in [5.74, 6) is 0.366.